The molecule has 1 fully saturated rings. The summed E-state index contributed by atoms with van der Waals surface area (Å²) in [7, 11) is -2.57. The first-order valence-corrected chi connectivity index (χ1v) is 12.1. The summed E-state index contributed by atoms with van der Waals surface area (Å²) in [5, 5.41) is 4.31. The van der Waals surface area contributed by atoms with Crippen molar-refractivity contribution in [2.75, 3.05) is 20.1 Å². The van der Waals surface area contributed by atoms with Crippen molar-refractivity contribution in [2.45, 2.75) is 30.3 Å². The number of amides is 3. The predicted molar refractivity (Wildman–Crippen MR) is 121 cm³/mol. The summed E-state index contributed by atoms with van der Waals surface area (Å²) < 4.78 is 32.9. The lowest BCUT2D eigenvalue weighted by Gasteiger charge is -2.26. The summed E-state index contributed by atoms with van der Waals surface area (Å²) in [5.74, 6) is -1.80. The van der Waals surface area contributed by atoms with E-state index in [2.05, 4.69) is 10.6 Å². The Bertz CT molecular complexity index is 1130. The highest BCUT2D eigenvalue weighted by Crippen LogP contribution is 2.29. The Balaban J connectivity index is 1.89. The second-order valence-corrected chi connectivity index (χ2v) is 9.69. The molecule has 1 aliphatic rings. The molecular weight excluding hydrogens is 470 g/mol. The molecule has 3 rings (SSSR count). The van der Waals surface area contributed by atoms with Crippen LogP contribution < -0.4 is 10.6 Å². The summed E-state index contributed by atoms with van der Waals surface area (Å²) >= 11 is 6.16. The number of esters is 1. The lowest BCUT2D eigenvalue weighted by molar-refractivity contribution is -0.129. The zero-order valence-corrected chi connectivity index (χ0v) is 19.5. The van der Waals surface area contributed by atoms with Gasteiger partial charge in [-0.3, -0.25) is 10.1 Å². The van der Waals surface area contributed by atoms with Gasteiger partial charge in [0.1, 0.15) is 4.90 Å². The van der Waals surface area contributed by atoms with Crippen LogP contribution in [0.3, 0.4) is 0 Å². The quantitative estimate of drug-likeness (QED) is 0.597. The molecule has 0 unspecified atom stereocenters. The van der Waals surface area contributed by atoms with Gasteiger partial charge in [0.2, 0.25) is 16.1 Å². The monoisotopic (exact) mass is 493 g/mol. The van der Waals surface area contributed by atoms with Gasteiger partial charge in [-0.2, -0.15) is 4.31 Å². The molecule has 1 saturated heterocycles. The maximum Gasteiger partial charge on any atom is 0.339 e. The molecule has 0 saturated carbocycles. The van der Waals surface area contributed by atoms with Crippen LogP contribution in [0.2, 0.25) is 5.02 Å². The zero-order valence-electron chi connectivity index (χ0n) is 17.9. The minimum absolute atomic E-state index is 0.0194. The lowest BCUT2D eigenvalue weighted by Crippen LogP contribution is -2.41. The van der Waals surface area contributed by atoms with Gasteiger partial charge in [0.05, 0.1) is 10.6 Å². The number of rotatable bonds is 6. The van der Waals surface area contributed by atoms with E-state index >= 15 is 0 Å². The Morgan fingerprint density at radius 3 is 2.33 bits per heavy atom. The molecule has 2 N–H and O–H groups in total. The number of carbonyl (C=O) groups excluding carboxylic acids is 3. The molecule has 176 valence electrons. The summed E-state index contributed by atoms with van der Waals surface area (Å²) in [4.78, 5) is 36.9. The number of imide groups is 1. The first-order valence-electron chi connectivity index (χ1n) is 10.3. The minimum Gasteiger partial charge on any atom is -0.444 e. The molecule has 0 bridgehead atoms. The highest BCUT2D eigenvalue weighted by molar-refractivity contribution is 7.89. The molecule has 2 aromatic rings. The van der Waals surface area contributed by atoms with E-state index in [0.29, 0.717) is 18.7 Å². The number of piperidine rings is 1. The van der Waals surface area contributed by atoms with E-state index in [0.717, 1.165) is 25.3 Å². The third-order valence-corrected chi connectivity index (χ3v) is 7.51. The van der Waals surface area contributed by atoms with Crippen molar-refractivity contribution in [3.05, 3.63) is 64.7 Å². The van der Waals surface area contributed by atoms with Crippen LogP contribution in [0.1, 0.15) is 41.3 Å². The molecule has 0 aromatic heterocycles. The largest absolute Gasteiger partial charge is 0.444 e. The summed E-state index contributed by atoms with van der Waals surface area (Å²) in [6, 6.07) is 11.1. The van der Waals surface area contributed by atoms with Crippen LogP contribution in [0.4, 0.5) is 4.79 Å². The van der Waals surface area contributed by atoms with E-state index in [4.69, 9.17) is 16.3 Å². The van der Waals surface area contributed by atoms with E-state index in [1.54, 1.807) is 30.3 Å². The maximum absolute atomic E-state index is 13.1. The number of carbonyl (C=O) groups is 3. The average Bonchev–Trinajstić information content (AvgIpc) is 2.83. The molecule has 9 nitrogen and oxygen atoms in total. The first-order chi connectivity index (χ1) is 15.7. The molecule has 0 radical (unpaired) electrons. The number of nitrogens with one attached hydrogen (secondary N) is 2. The molecule has 1 atom stereocenters. The number of nitrogens with zero attached hydrogens (tertiary/aromatic N) is 1. The number of benzene rings is 2. The van der Waals surface area contributed by atoms with Crippen molar-refractivity contribution in [3.63, 3.8) is 0 Å². The van der Waals surface area contributed by atoms with Crippen LogP contribution in [-0.2, 0) is 19.6 Å². The predicted octanol–water partition coefficient (Wildman–Crippen LogP) is 2.87. The highest BCUT2D eigenvalue weighted by Gasteiger charge is 2.31. The molecule has 1 heterocycles. The van der Waals surface area contributed by atoms with Crippen LogP contribution >= 0.6 is 11.6 Å². The third kappa shape index (κ3) is 5.89. The van der Waals surface area contributed by atoms with Crippen molar-refractivity contribution in [1.29, 1.82) is 0 Å². The van der Waals surface area contributed by atoms with Gasteiger partial charge >= 0.3 is 12.0 Å². The molecule has 3 amide bonds. The first kappa shape index (κ1) is 24.7. The number of sulfonamides is 1. The average molecular weight is 494 g/mol. The Labute approximate surface area is 197 Å². The van der Waals surface area contributed by atoms with E-state index < -0.39 is 34.0 Å². The van der Waals surface area contributed by atoms with Gasteiger partial charge in [-0.15, -0.1) is 0 Å². The maximum atomic E-state index is 13.1. The van der Waals surface area contributed by atoms with Gasteiger partial charge in [-0.25, -0.2) is 18.0 Å². The fourth-order valence-corrected chi connectivity index (χ4v) is 5.41. The van der Waals surface area contributed by atoms with Gasteiger partial charge in [0.25, 0.3) is 5.91 Å². The van der Waals surface area contributed by atoms with Gasteiger partial charge in [0, 0.05) is 25.7 Å². The van der Waals surface area contributed by atoms with Crippen LogP contribution in [0.25, 0.3) is 0 Å². The lowest BCUT2D eigenvalue weighted by atomic mass is 10.1. The van der Waals surface area contributed by atoms with Crippen molar-refractivity contribution < 1.29 is 27.5 Å². The van der Waals surface area contributed by atoms with E-state index in [9.17, 15) is 22.8 Å². The van der Waals surface area contributed by atoms with Crippen LogP contribution in [-0.4, -0.2) is 50.8 Å². The second-order valence-electron chi connectivity index (χ2n) is 7.37. The molecule has 11 heteroatoms. The van der Waals surface area contributed by atoms with Gasteiger partial charge < -0.3 is 10.1 Å². The molecule has 0 spiro atoms. The van der Waals surface area contributed by atoms with E-state index in [1.807, 2.05) is 0 Å². The number of hydrogen-bond acceptors (Lipinski definition) is 6. The Morgan fingerprint density at radius 2 is 1.70 bits per heavy atom. The number of hydrogen-bond donors (Lipinski definition) is 2. The topological polar surface area (TPSA) is 122 Å². The third-order valence-electron chi connectivity index (χ3n) is 5.13. The van der Waals surface area contributed by atoms with Crippen LogP contribution in [0.5, 0.6) is 0 Å². The standard InChI is InChI=1S/C22H24ClN3O6S/c1-24-22(29)25-20(27)19(15-8-4-2-5-9-15)32-21(28)16-10-11-17(23)18(14-16)33(30,31)26-12-6-3-7-13-26/h2,4-5,8-11,14,19H,3,6-7,12-13H2,1H3,(H2,24,25,27,29)/t19-/m0/s1. The minimum atomic E-state index is -3.90. The highest BCUT2D eigenvalue weighted by atomic mass is 35.5. The van der Waals surface area contributed by atoms with Crippen molar-refractivity contribution in [1.82, 2.24) is 14.9 Å². The SMILES string of the molecule is CNC(=O)NC(=O)[C@@H](OC(=O)c1ccc(Cl)c(S(=O)(=O)N2CCCCC2)c1)c1ccccc1. The Morgan fingerprint density at radius 1 is 1.03 bits per heavy atom. The van der Waals surface area contributed by atoms with Gasteiger partial charge in [-0.05, 0) is 31.0 Å². The normalized spacial score (nSPS) is 15.3. The van der Waals surface area contributed by atoms with E-state index in [-0.39, 0.29) is 15.5 Å². The van der Waals surface area contributed by atoms with Crippen molar-refractivity contribution >= 4 is 39.5 Å². The van der Waals surface area contributed by atoms with Crippen LogP contribution in [0.15, 0.2) is 53.4 Å². The fraction of sp³-hybridized carbons (Fsp3) is 0.318. The number of halogens is 1. The molecular formula is C22H24ClN3O6S. The molecule has 1 aliphatic heterocycles. The molecule has 0 aliphatic carbocycles. The second kappa shape index (κ2) is 10.8. The summed E-state index contributed by atoms with van der Waals surface area (Å²) in [6.07, 6.45) is 1.01. The fourth-order valence-electron chi connectivity index (χ4n) is 3.39. The van der Waals surface area contributed by atoms with Crippen molar-refractivity contribution in [3.8, 4) is 0 Å². The zero-order chi connectivity index (χ0) is 24.0. The van der Waals surface area contributed by atoms with E-state index in [1.165, 1.54) is 23.5 Å². The van der Waals surface area contributed by atoms with Gasteiger partial charge in [-0.1, -0.05) is 48.4 Å². The Hall–Kier alpha value is -2.95. The van der Waals surface area contributed by atoms with Gasteiger partial charge in [0.15, 0.2) is 0 Å². The Kier molecular flexibility index (Phi) is 8.06. The summed E-state index contributed by atoms with van der Waals surface area (Å²) in [5.41, 5.74) is 0.242. The number of ether oxygens (including phenoxy) is 1. The number of urea groups is 1. The molecule has 2 aromatic carbocycles. The van der Waals surface area contributed by atoms with Crippen LogP contribution in [0, 0.1) is 0 Å². The molecule has 33 heavy (non-hydrogen) atoms. The summed E-state index contributed by atoms with van der Waals surface area (Å²) in [6.45, 7) is 0.756. The smallest absolute Gasteiger partial charge is 0.339 e. The van der Waals surface area contributed by atoms with Crippen molar-refractivity contribution in [2.24, 2.45) is 0 Å².